The van der Waals surface area contributed by atoms with Crippen molar-refractivity contribution in [3.63, 3.8) is 0 Å². The summed E-state index contributed by atoms with van der Waals surface area (Å²) in [7, 11) is 0. The molecule has 88 valence electrons. The molecule has 0 bridgehead atoms. The van der Waals surface area contributed by atoms with Crippen molar-refractivity contribution in [3.8, 4) is 0 Å². The van der Waals surface area contributed by atoms with Gasteiger partial charge in [-0.3, -0.25) is 9.59 Å². The molecule has 1 aliphatic heterocycles. The van der Waals surface area contributed by atoms with Crippen molar-refractivity contribution in [3.05, 3.63) is 12.2 Å². The highest BCUT2D eigenvalue weighted by atomic mass is 16.2. The Kier molecular flexibility index (Phi) is 3.59. The van der Waals surface area contributed by atoms with Crippen molar-refractivity contribution in [2.75, 3.05) is 19.6 Å². The molecule has 1 atom stereocenters. The minimum atomic E-state index is -0.0344. The molecule has 1 saturated heterocycles. The minimum Gasteiger partial charge on any atom is -0.354 e. The SMILES string of the molecule is O=C1CN(C(=O)CC2C=CCC2)CCCN1. The Morgan fingerprint density at radius 2 is 2.44 bits per heavy atom. The summed E-state index contributed by atoms with van der Waals surface area (Å²) in [5.41, 5.74) is 0. The molecule has 0 radical (unpaired) electrons. The molecule has 0 spiro atoms. The summed E-state index contributed by atoms with van der Waals surface area (Å²) in [6, 6.07) is 0. The molecule has 1 heterocycles. The van der Waals surface area contributed by atoms with E-state index < -0.39 is 0 Å². The summed E-state index contributed by atoms with van der Waals surface area (Å²) in [6.07, 6.45) is 7.83. The highest BCUT2D eigenvalue weighted by molar-refractivity contribution is 5.85. The topological polar surface area (TPSA) is 49.4 Å². The first kappa shape index (κ1) is 11.2. The molecule has 16 heavy (non-hydrogen) atoms. The van der Waals surface area contributed by atoms with E-state index in [0.717, 1.165) is 19.3 Å². The Balaban J connectivity index is 1.87. The van der Waals surface area contributed by atoms with Crippen molar-refractivity contribution >= 4 is 11.8 Å². The van der Waals surface area contributed by atoms with Gasteiger partial charge in [0.25, 0.3) is 0 Å². The largest absolute Gasteiger partial charge is 0.354 e. The molecule has 1 fully saturated rings. The smallest absolute Gasteiger partial charge is 0.239 e. The third kappa shape index (κ3) is 2.84. The van der Waals surface area contributed by atoms with E-state index in [0.29, 0.717) is 25.4 Å². The number of carbonyl (C=O) groups is 2. The monoisotopic (exact) mass is 222 g/mol. The van der Waals surface area contributed by atoms with E-state index in [2.05, 4.69) is 17.5 Å². The fourth-order valence-corrected chi connectivity index (χ4v) is 2.24. The van der Waals surface area contributed by atoms with Crippen molar-refractivity contribution in [2.24, 2.45) is 5.92 Å². The maximum atomic E-state index is 12.0. The van der Waals surface area contributed by atoms with E-state index in [1.165, 1.54) is 0 Å². The van der Waals surface area contributed by atoms with Gasteiger partial charge in [-0.1, -0.05) is 12.2 Å². The lowest BCUT2D eigenvalue weighted by Gasteiger charge is -2.20. The summed E-state index contributed by atoms with van der Waals surface area (Å²) < 4.78 is 0. The van der Waals surface area contributed by atoms with E-state index in [4.69, 9.17) is 0 Å². The molecular weight excluding hydrogens is 204 g/mol. The second-order valence-electron chi connectivity index (χ2n) is 4.49. The van der Waals surface area contributed by atoms with Gasteiger partial charge in [0.1, 0.15) is 0 Å². The first-order chi connectivity index (χ1) is 7.75. The predicted molar refractivity (Wildman–Crippen MR) is 60.7 cm³/mol. The van der Waals surface area contributed by atoms with Crippen LogP contribution in [0.5, 0.6) is 0 Å². The van der Waals surface area contributed by atoms with Gasteiger partial charge in [0.2, 0.25) is 11.8 Å². The van der Waals surface area contributed by atoms with Crippen LogP contribution < -0.4 is 5.32 Å². The van der Waals surface area contributed by atoms with E-state index in [9.17, 15) is 9.59 Å². The minimum absolute atomic E-state index is 0.0344. The normalized spacial score (nSPS) is 25.4. The number of carbonyl (C=O) groups excluding carboxylic acids is 2. The molecule has 4 heteroatoms. The van der Waals surface area contributed by atoms with Gasteiger partial charge >= 0.3 is 0 Å². The number of amides is 2. The summed E-state index contributed by atoms with van der Waals surface area (Å²) >= 11 is 0. The highest BCUT2D eigenvalue weighted by Crippen LogP contribution is 2.21. The van der Waals surface area contributed by atoms with Crippen molar-refractivity contribution in [1.82, 2.24) is 10.2 Å². The molecule has 4 nitrogen and oxygen atoms in total. The zero-order chi connectivity index (χ0) is 11.4. The van der Waals surface area contributed by atoms with Crippen LogP contribution in [0.4, 0.5) is 0 Å². The van der Waals surface area contributed by atoms with E-state index in [1.807, 2.05) is 0 Å². The van der Waals surface area contributed by atoms with Crippen molar-refractivity contribution in [1.29, 1.82) is 0 Å². The standard InChI is InChI=1S/C12H18N2O2/c15-11-9-14(7-3-6-13-11)12(16)8-10-4-1-2-5-10/h1,4,10H,2-3,5-9H2,(H,13,15). The lowest BCUT2D eigenvalue weighted by molar-refractivity contribution is -0.135. The Labute approximate surface area is 95.7 Å². The molecule has 1 unspecified atom stereocenters. The van der Waals surface area contributed by atoms with E-state index in [-0.39, 0.29) is 18.4 Å². The fourth-order valence-electron chi connectivity index (χ4n) is 2.24. The second-order valence-corrected chi connectivity index (χ2v) is 4.49. The predicted octanol–water partition coefficient (Wildman–Crippen LogP) is 0.691. The lowest BCUT2D eigenvalue weighted by atomic mass is 10.0. The first-order valence-corrected chi connectivity index (χ1v) is 5.97. The molecule has 0 saturated carbocycles. The lowest BCUT2D eigenvalue weighted by Crippen LogP contribution is -2.37. The number of nitrogens with zero attached hydrogens (tertiary/aromatic N) is 1. The highest BCUT2D eigenvalue weighted by Gasteiger charge is 2.22. The molecule has 0 aromatic heterocycles. The van der Waals surface area contributed by atoms with E-state index in [1.54, 1.807) is 4.90 Å². The third-order valence-corrected chi connectivity index (χ3v) is 3.16. The van der Waals surface area contributed by atoms with Crippen LogP contribution in [0.1, 0.15) is 25.7 Å². The van der Waals surface area contributed by atoms with Gasteiger partial charge in [-0.15, -0.1) is 0 Å². The maximum absolute atomic E-state index is 12.0. The fraction of sp³-hybridized carbons (Fsp3) is 0.667. The summed E-state index contributed by atoms with van der Waals surface area (Å²) in [5.74, 6) is 0.472. The van der Waals surface area contributed by atoms with Crippen molar-refractivity contribution < 1.29 is 9.59 Å². The van der Waals surface area contributed by atoms with Gasteiger partial charge in [0.05, 0.1) is 6.54 Å². The number of rotatable bonds is 2. The first-order valence-electron chi connectivity index (χ1n) is 5.97. The molecule has 0 aromatic rings. The third-order valence-electron chi connectivity index (χ3n) is 3.16. The molecular formula is C12H18N2O2. The zero-order valence-electron chi connectivity index (χ0n) is 9.45. The van der Waals surface area contributed by atoms with Crippen LogP contribution in [-0.2, 0) is 9.59 Å². The Hall–Kier alpha value is -1.32. The average molecular weight is 222 g/mol. The van der Waals surface area contributed by atoms with Crippen LogP contribution in [0.15, 0.2) is 12.2 Å². The number of allylic oxidation sites excluding steroid dienone is 2. The Bertz CT molecular complexity index is 312. The van der Waals surface area contributed by atoms with Crippen LogP contribution in [-0.4, -0.2) is 36.3 Å². The summed E-state index contributed by atoms with van der Waals surface area (Å²) in [5, 5.41) is 2.78. The summed E-state index contributed by atoms with van der Waals surface area (Å²) in [6.45, 7) is 1.62. The number of hydrogen-bond donors (Lipinski definition) is 1. The van der Waals surface area contributed by atoms with E-state index >= 15 is 0 Å². The Morgan fingerprint density at radius 3 is 3.19 bits per heavy atom. The number of hydrogen-bond acceptors (Lipinski definition) is 2. The zero-order valence-corrected chi connectivity index (χ0v) is 9.45. The quantitative estimate of drug-likeness (QED) is 0.699. The number of nitrogens with one attached hydrogen (secondary N) is 1. The van der Waals surface area contributed by atoms with Crippen LogP contribution in [0.25, 0.3) is 0 Å². The molecule has 2 amide bonds. The van der Waals surface area contributed by atoms with Crippen LogP contribution >= 0.6 is 0 Å². The molecule has 0 aromatic carbocycles. The molecule has 2 aliphatic rings. The van der Waals surface area contributed by atoms with Crippen LogP contribution in [0, 0.1) is 5.92 Å². The molecule has 1 N–H and O–H groups in total. The Morgan fingerprint density at radius 1 is 1.56 bits per heavy atom. The maximum Gasteiger partial charge on any atom is 0.239 e. The van der Waals surface area contributed by atoms with Gasteiger partial charge < -0.3 is 10.2 Å². The van der Waals surface area contributed by atoms with Gasteiger partial charge in [-0.25, -0.2) is 0 Å². The average Bonchev–Trinajstić information content (AvgIpc) is 2.65. The molecule has 2 rings (SSSR count). The van der Waals surface area contributed by atoms with Crippen LogP contribution in [0.3, 0.4) is 0 Å². The van der Waals surface area contributed by atoms with Gasteiger partial charge in [0, 0.05) is 19.5 Å². The van der Waals surface area contributed by atoms with Gasteiger partial charge in [-0.05, 0) is 25.2 Å². The van der Waals surface area contributed by atoms with Gasteiger partial charge in [0.15, 0.2) is 0 Å². The van der Waals surface area contributed by atoms with Crippen LogP contribution in [0.2, 0.25) is 0 Å². The molecule has 1 aliphatic carbocycles. The second kappa shape index (κ2) is 5.14. The van der Waals surface area contributed by atoms with Crippen molar-refractivity contribution in [2.45, 2.75) is 25.7 Å². The summed E-state index contributed by atoms with van der Waals surface area (Å²) in [4.78, 5) is 25.0. The van der Waals surface area contributed by atoms with Gasteiger partial charge in [-0.2, -0.15) is 0 Å².